The van der Waals surface area contributed by atoms with E-state index in [2.05, 4.69) is 20.9 Å². The van der Waals surface area contributed by atoms with Gasteiger partial charge in [0, 0.05) is 42.1 Å². The summed E-state index contributed by atoms with van der Waals surface area (Å²) < 4.78 is 0. The monoisotopic (exact) mass is 562 g/mol. The van der Waals surface area contributed by atoms with Crippen LogP contribution >= 0.6 is 0 Å². The summed E-state index contributed by atoms with van der Waals surface area (Å²) in [6, 6.07) is 25.1. The molecule has 4 rings (SSSR count). The minimum Gasteiger partial charge on any atom is -0.322 e. The molecule has 0 heterocycles. The van der Waals surface area contributed by atoms with E-state index in [9.17, 15) is 29.8 Å². The van der Waals surface area contributed by atoms with Gasteiger partial charge in [0.1, 0.15) is 5.69 Å². The number of rotatable bonds is 10. The number of nitrogens with one attached hydrogen (secondary N) is 2. The first-order valence-electron chi connectivity index (χ1n) is 12.3. The second-order valence-corrected chi connectivity index (χ2v) is 8.61. The van der Waals surface area contributed by atoms with Crippen LogP contribution in [0.15, 0.2) is 119 Å². The van der Waals surface area contributed by atoms with Gasteiger partial charge >= 0.3 is 0 Å². The van der Waals surface area contributed by atoms with Crippen molar-refractivity contribution in [1.82, 2.24) is 0 Å². The third kappa shape index (κ3) is 8.35. The highest BCUT2D eigenvalue weighted by Crippen LogP contribution is 2.30. The molecule has 4 aromatic carbocycles. The molecule has 0 aliphatic heterocycles. The number of carbonyl (C=O) groups is 2. The fourth-order valence-electron chi connectivity index (χ4n) is 3.52. The number of non-ortho nitro benzene ring substituents is 2. The van der Waals surface area contributed by atoms with E-state index in [-0.39, 0.29) is 17.1 Å². The summed E-state index contributed by atoms with van der Waals surface area (Å²) >= 11 is 0. The number of nitro benzene ring substituents is 2. The second-order valence-electron chi connectivity index (χ2n) is 8.61. The topological polar surface area (TPSA) is 169 Å². The molecule has 0 aromatic heterocycles. The van der Waals surface area contributed by atoms with E-state index in [0.29, 0.717) is 28.2 Å². The van der Waals surface area contributed by atoms with Crippen molar-refractivity contribution in [3.05, 3.63) is 141 Å². The van der Waals surface area contributed by atoms with Crippen molar-refractivity contribution in [3.63, 3.8) is 0 Å². The largest absolute Gasteiger partial charge is 0.322 e. The summed E-state index contributed by atoms with van der Waals surface area (Å²) in [5, 5.41) is 35.5. The van der Waals surface area contributed by atoms with Crippen LogP contribution in [0.5, 0.6) is 0 Å². The van der Waals surface area contributed by atoms with E-state index in [0.717, 1.165) is 0 Å². The van der Waals surface area contributed by atoms with Gasteiger partial charge in [-0.25, -0.2) is 0 Å². The van der Waals surface area contributed by atoms with Crippen LogP contribution in [-0.4, -0.2) is 21.7 Å². The van der Waals surface area contributed by atoms with Crippen molar-refractivity contribution < 1.29 is 19.4 Å². The van der Waals surface area contributed by atoms with Crippen LogP contribution in [0.1, 0.15) is 11.1 Å². The van der Waals surface area contributed by atoms with Crippen LogP contribution in [0.3, 0.4) is 0 Å². The van der Waals surface area contributed by atoms with E-state index in [4.69, 9.17) is 0 Å². The Labute approximate surface area is 239 Å². The Bertz CT molecular complexity index is 1700. The first kappa shape index (κ1) is 28.7. The van der Waals surface area contributed by atoms with E-state index < -0.39 is 21.7 Å². The lowest BCUT2D eigenvalue weighted by Gasteiger charge is -2.09. The highest BCUT2D eigenvalue weighted by atomic mass is 16.6. The summed E-state index contributed by atoms with van der Waals surface area (Å²) in [6.07, 6.45) is 5.54. The van der Waals surface area contributed by atoms with Crippen molar-refractivity contribution in [2.75, 3.05) is 10.6 Å². The van der Waals surface area contributed by atoms with E-state index in [1.807, 2.05) is 18.2 Å². The zero-order valence-electron chi connectivity index (χ0n) is 21.8. The highest BCUT2D eigenvalue weighted by molar-refractivity contribution is 6.05. The quantitative estimate of drug-likeness (QED) is 0.0894. The molecule has 4 aromatic rings. The maximum atomic E-state index is 12.7. The number of amides is 2. The van der Waals surface area contributed by atoms with Gasteiger partial charge in [-0.3, -0.25) is 29.8 Å². The van der Waals surface area contributed by atoms with Crippen molar-refractivity contribution in [3.8, 4) is 0 Å². The third-order valence-corrected chi connectivity index (χ3v) is 5.61. The second kappa shape index (κ2) is 13.7. The normalized spacial score (nSPS) is 11.1. The van der Waals surface area contributed by atoms with Gasteiger partial charge in [0.25, 0.3) is 11.4 Å². The summed E-state index contributed by atoms with van der Waals surface area (Å²) in [7, 11) is 0. The highest BCUT2D eigenvalue weighted by Gasteiger charge is 2.09. The Hall–Kier alpha value is -6.30. The summed E-state index contributed by atoms with van der Waals surface area (Å²) in [4.78, 5) is 45.9. The van der Waals surface area contributed by atoms with Crippen LogP contribution in [0.4, 0.5) is 34.1 Å². The summed E-state index contributed by atoms with van der Waals surface area (Å²) in [5.41, 5.74) is 2.62. The van der Waals surface area contributed by atoms with Crippen LogP contribution in [0, 0.1) is 20.2 Å². The van der Waals surface area contributed by atoms with E-state index >= 15 is 0 Å². The van der Waals surface area contributed by atoms with Gasteiger partial charge in [-0.05, 0) is 77.9 Å². The molecule has 2 amide bonds. The van der Waals surface area contributed by atoms with Crippen molar-refractivity contribution in [2.24, 2.45) is 10.2 Å². The van der Waals surface area contributed by atoms with Gasteiger partial charge in [0.15, 0.2) is 0 Å². The molecule has 42 heavy (non-hydrogen) atoms. The number of anilines is 2. The Morgan fingerprint density at radius 1 is 0.643 bits per heavy atom. The predicted octanol–water partition coefficient (Wildman–Crippen LogP) is 7.22. The number of nitro groups is 2. The standard InChI is InChI=1S/C30H22N6O6/c37-29(18-10-21-6-13-25(14-7-21)35(39)40)31-24-12-17-27(34-33-23-4-2-1-3-5-23)28(20-24)32-30(38)19-11-22-8-15-26(16-9-22)36(41)42/h1-20H,(H,31,37)(H,32,38). The predicted molar refractivity (Wildman–Crippen MR) is 159 cm³/mol. The van der Waals surface area contributed by atoms with Gasteiger partial charge in [-0.2, -0.15) is 5.11 Å². The Morgan fingerprint density at radius 2 is 1.17 bits per heavy atom. The molecule has 0 atom stereocenters. The molecule has 0 aliphatic carbocycles. The fourth-order valence-corrected chi connectivity index (χ4v) is 3.52. The molecule has 0 saturated carbocycles. The lowest BCUT2D eigenvalue weighted by Crippen LogP contribution is -2.10. The molecule has 208 valence electrons. The van der Waals surface area contributed by atoms with Crippen LogP contribution in [0.2, 0.25) is 0 Å². The van der Waals surface area contributed by atoms with Gasteiger partial charge in [0.2, 0.25) is 11.8 Å². The van der Waals surface area contributed by atoms with E-state index in [1.54, 1.807) is 24.3 Å². The minimum absolute atomic E-state index is 0.0572. The molecule has 12 heteroatoms. The zero-order chi connectivity index (χ0) is 29.9. The fraction of sp³-hybridized carbons (Fsp3) is 0. The van der Waals surface area contributed by atoms with Crippen LogP contribution in [0.25, 0.3) is 12.2 Å². The van der Waals surface area contributed by atoms with Crippen LogP contribution < -0.4 is 10.6 Å². The van der Waals surface area contributed by atoms with Gasteiger partial charge in [0.05, 0.1) is 21.2 Å². The van der Waals surface area contributed by atoms with Crippen LogP contribution in [-0.2, 0) is 9.59 Å². The number of benzene rings is 4. The first-order valence-corrected chi connectivity index (χ1v) is 12.3. The molecule has 0 saturated heterocycles. The Balaban J connectivity index is 1.50. The average molecular weight is 563 g/mol. The molecule has 0 unspecified atom stereocenters. The van der Waals surface area contributed by atoms with Gasteiger partial charge in [-0.15, -0.1) is 5.11 Å². The number of hydrogen-bond donors (Lipinski definition) is 2. The van der Waals surface area contributed by atoms with E-state index in [1.165, 1.54) is 78.9 Å². The Kier molecular flexibility index (Phi) is 9.34. The maximum Gasteiger partial charge on any atom is 0.269 e. The third-order valence-electron chi connectivity index (χ3n) is 5.61. The smallest absolute Gasteiger partial charge is 0.269 e. The molecule has 0 aliphatic rings. The van der Waals surface area contributed by atoms with Gasteiger partial charge < -0.3 is 10.6 Å². The Morgan fingerprint density at radius 3 is 1.69 bits per heavy atom. The number of azo groups is 1. The maximum absolute atomic E-state index is 12.7. The number of hydrogen-bond acceptors (Lipinski definition) is 8. The average Bonchev–Trinajstić information content (AvgIpc) is 2.99. The molecule has 0 spiro atoms. The summed E-state index contributed by atoms with van der Waals surface area (Å²) in [6.45, 7) is 0. The molecular formula is C30H22N6O6. The SMILES string of the molecule is O=C(C=Cc1ccc([N+](=O)[O-])cc1)Nc1ccc(N=Nc2ccccc2)c(NC(=O)C=Cc2ccc([N+](=O)[O-])cc2)c1. The minimum atomic E-state index is -0.511. The molecule has 0 radical (unpaired) electrons. The lowest BCUT2D eigenvalue weighted by atomic mass is 10.2. The van der Waals surface area contributed by atoms with Crippen molar-refractivity contribution in [2.45, 2.75) is 0 Å². The van der Waals surface area contributed by atoms with Crippen molar-refractivity contribution >= 4 is 58.1 Å². The molecule has 12 nitrogen and oxygen atoms in total. The molecule has 2 N–H and O–H groups in total. The van der Waals surface area contributed by atoms with Crippen molar-refractivity contribution in [1.29, 1.82) is 0 Å². The number of carbonyl (C=O) groups excluding carboxylic acids is 2. The lowest BCUT2D eigenvalue weighted by molar-refractivity contribution is -0.385. The molecular weight excluding hydrogens is 540 g/mol. The zero-order valence-corrected chi connectivity index (χ0v) is 21.8. The molecule has 0 bridgehead atoms. The first-order chi connectivity index (χ1) is 20.3. The molecule has 0 fully saturated rings. The number of nitrogens with zero attached hydrogens (tertiary/aromatic N) is 4. The van der Waals surface area contributed by atoms with Gasteiger partial charge in [-0.1, -0.05) is 18.2 Å². The summed E-state index contributed by atoms with van der Waals surface area (Å²) in [5.74, 6) is -0.978.